The lowest BCUT2D eigenvalue weighted by Crippen LogP contribution is -2.19. The summed E-state index contributed by atoms with van der Waals surface area (Å²) in [7, 11) is 0. The highest BCUT2D eigenvalue weighted by Gasteiger charge is 2.17. The molecule has 0 atom stereocenters. The van der Waals surface area contributed by atoms with Crippen molar-refractivity contribution in [3.8, 4) is 28.1 Å². The van der Waals surface area contributed by atoms with Gasteiger partial charge in [-0.15, -0.1) is 0 Å². The Balaban J connectivity index is 1.65. The molecule has 0 saturated carbocycles. The van der Waals surface area contributed by atoms with E-state index in [9.17, 15) is 9.90 Å². The van der Waals surface area contributed by atoms with E-state index in [-0.39, 0.29) is 11.7 Å². The molecule has 4 aromatic rings. The lowest BCUT2D eigenvalue weighted by Gasteiger charge is -2.03. The molecule has 1 aromatic heterocycles. The number of H-pyrrole nitrogens is 1. The predicted octanol–water partition coefficient (Wildman–Crippen LogP) is 5.58. The number of carbonyl (C=O) groups excluding carboxylic acids is 1. The predicted molar refractivity (Wildman–Crippen MR) is 123 cm³/mol. The van der Waals surface area contributed by atoms with Gasteiger partial charge in [0, 0.05) is 21.3 Å². The zero-order valence-corrected chi connectivity index (χ0v) is 17.4. The summed E-state index contributed by atoms with van der Waals surface area (Å²) >= 11 is 3.35. The first-order chi connectivity index (χ1) is 14.6. The molecule has 0 fully saturated rings. The number of aromatic nitrogens is 1. The van der Waals surface area contributed by atoms with Gasteiger partial charge in [-0.2, -0.15) is 5.10 Å². The van der Waals surface area contributed by atoms with Gasteiger partial charge in [0.25, 0.3) is 5.91 Å². The molecule has 0 aliphatic heterocycles. The third kappa shape index (κ3) is 4.34. The molecule has 148 valence electrons. The molecule has 30 heavy (non-hydrogen) atoms. The normalized spacial score (nSPS) is 11.0. The first kappa shape index (κ1) is 19.7. The molecule has 0 radical (unpaired) electrons. The first-order valence-electron chi connectivity index (χ1n) is 9.27. The Hall–Kier alpha value is -3.64. The number of nitrogens with zero attached hydrogens (tertiary/aromatic N) is 1. The van der Waals surface area contributed by atoms with Gasteiger partial charge in [0.15, 0.2) is 0 Å². The van der Waals surface area contributed by atoms with E-state index in [4.69, 9.17) is 0 Å². The number of aromatic hydroxyl groups is 1. The summed E-state index contributed by atoms with van der Waals surface area (Å²) in [5.74, 6) is -0.297. The zero-order chi connectivity index (χ0) is 20.9. The number of halogens is 1. The van der Waals surface area contributed by atoms with Gasteiger partial charge in [0.2, 0.25) is 0 Å². The Morgan fingerprint density at radius 2 is 1.60 bits per heavy atom. The standard InChI is InChI=1S/C24H18BrN3O2/c25-19-11-12-22(29)18(13-19)15-26-28-24(30)23-20(16-7-3-1-4-8-16)14-21(27-23)17-9-5-2-6-10-17/h1-15,27,29H,(H,28,30)/b26-15-. The molecule has 1 heterocycles. The van der Waals surface area contributed by atoms with Crippen LogP contribution in [0.4, 0.5) is 0 Å². The van der Waals surface area contributed by atoms with E-state index >= 15 is 0 Å². The Kier molecular flexibility index (Phi) is 5.77. The molecule has 5 nitrogen and oxygen atoms in total. The van der Waals surface area contributed by atoms with Crippen LogP contribution >= 0.6 is 15.9 Å². The molecule has 0 unspecified atom stereocenters. The smallest absolute Gasteiger partial charge is 0.288 e. The summed E-state index contributed by atoms with van der Waals surface area (Å²) in [5, 5.41) is 13.9. The minimum atomic E-state index is -0.373. The van der Waals surface area contributed by atoms with Crippen molar-refractivity contribution in [3.05, 3.63) is 101 Å². The summed E-state index contributed by atoms with van der Waals surface area (Å²) in [6.07, 6.45) is 1.40. The second-order valence-electron chi connectivity index (χ2n) is 6.61. The van der Waals surface area contributed by atoms with Crippen LogP contribution in [0.15, 0.2) is 94.5 Å². The van der Waals surface area contributed by atoms with Crippen molar-refractivity contribution in [2.45, 2.75) is 0 Å². The van der Waals surface area contributed by atoms with Crippen molar-refractivity contribution in [2.75, 3.05) is 0 Å². The van der Waals surface area contributed by atoms with E-state index in [0.29, 0.717) is 11.3 Å². The molecule has 4 rings (SSSR count). The van der Waals surface area contributed by atoms with Crippen molar-refractivity contribution in [1.29, 1.82) is 0 Å². The number of aromatic amines is 1. The number of hydrazone groups is 1. The Bertz CT molecular complexity index is 1200. The third-order valence-electron chi connectivity index (χ3n) is 4.57. The van der Waals surface area contributed by atoms with Crippen LogP contribution in [0.5, 0.6) is 5.75 Å². The maximum absolute atomic E-state index is 12.9. The Labute approximate surface area is 182 Å². The van der Waals surface area contributed by atoms with Gasteiger partial charge in [-0.3, -0.25) is 4.79 Å². The summed E-state index contributed by atoms with van der Waals surface area (Å²) < 4.78 is 0.802. The number of phenols is 1. The molecule has 3 aromatic carbocycles. The molecule has 0 saturated heterocycles. The fourth-order valence-electron chi connectivity index (χ4n) is 3.10. The number of hydrogen-bond donors (Lipinski definition) is 3. The molecule has 0 spiro atoms. The van der Waals surface area contributed by atoms with Crippen LogP contribution in [0.3, 0.4) is 0 Å². The van der Waals surface area contributed by atoms with E-state index in [2.05, 4.69) is 31.4 Å². The van der Waals surface area contributed by atoms with Crippen LogP contribution in [0.25, 0.3) is 22.4 Å². The average Bonchev–Trinajstić information content (AvgIpc) is 3.23. The van der Waals surface area contributed by atoms with Crippen LogP contribution in [0, 0.1) is 0 Å². The number of carbonyl (C=O) groups is 1. The lowest BCUT2D eigenvalue weighted by molar-refractivity contribution is 0.0951. The van der Waals surface area contributed by atoms with Gasteiger partial charge < -0.3 is 10.1 Å². The van der Waals surface area contributed by atoms with E-state index in [1.165, 1.54) is 6.21 Å². The number of amides is 1. The highest BCUT2D eigenvalue weighted by atomic mass is 79.9. The van der Waals surface area contributed by atoms with Gasteiger partial charge in [0.1, 0.15) is 11.4 Å². The van der Waals surface area contributed by atoms with E-state index in [1.54, 1.807) is 18.2 Å². The van der Waals surface area contributed by atoms with Crippen molar-refractivity contribution < 1.29 is 9.90 Å². The van der Waals surface area contributed by atoms with Crippen LogP contribution in [0.1, 0.15) is 16.1 Å². The molecular formula is C24H18BrN3O2. The van der Waals surface area contributed by atoms with Crippen LogP contribution in [-0.4, -0.2) is 22.2 Å². The maximum atomic E-state index is 12.9. The van der Waals surface area contributed by atoms with Crippen molar-refractivity contribution in [2.24, 2.45) is 5.10 Å². The molecule has 0 aliphatic carbocycles. The Morgan fingerprint density at radius 3 is 2.30 bits per heavy atom. The first-order valence-corrected chi connectivity index (χ1v) is 10.1. The fraction of sp³-hybridized carbons (Fsp3) is 0. The maximum Gasteiger partial charge on any atom is 0.288 e. The molecule has 6 heteroatoms. The summed E-state index contributed by atoms with van der Waals surface area (Å²) in [6.45, 7) is 0. The minimum absolute atomic E-state index is 0.0763. The van der Waals surface area contributed by atoms with E-state index in [0.717, 1.165) is 26.9 Å². The quantitative estimate of drug-likeness (QED) is 0.269. The van der Waals surface area contributed by atoms with E-state index in [1.807, 2.05) is 66.7 Å². The van der Waals surface area contributed by atoms with E-state index < -0.39 is 0 Å². The number of nitrogens with one attached hydrogen (secondary N) is 2. The van der Waals surface area contributed by atoms with Crippen molar-refractivity contribution in [3.63, 3.8) is 0 Å². The monoisotopic (exact) mass is 459 g/mol. The molecule has 0 aliphatic rings. The molecule has 3 N–H and O–H groups in total. The highest BCUT2D eigenvalue weighted by Crippen LogP contribution is 2.29. The second kappa shape index (κ2) is 8.80. The minimum Gasteiger partial charge on any atom is -0.507 e. The van der Waals surface area contributed by atoms with Crippen LogP contribution < -0.4 is 5.43 Å². The highest BCUT2D eigenvalue weighted by molar-refractivity contribution is 9.10. The fourth-order valence-corrected chi connectivity index (χ4v) is 3.48. The third-order valence-corrected chi connectivity index (χ3v) is 5.07. The summed E-state index contributed by atoms with van der Waals surface area (Å²) in [4.78, 5) is 16.1. The Morgan fingerprint density at radius 1 is 0.933 bits per heavy atom. The van der Waals surface area contributed by atoms with Crippen LogP contribution in [-0.2, 0) is 0 Å². The number of hydrogen-bond acceptors (Lipinski definition) is 3. The van der Waals surface area contributed by atoms with Gasteiger partial charge in [-0.1, -0.05) is 76.6 Å². The number of rotatable bonds is 5. The number of phenolic OH excluding ortho intramolecular Hbond substituents is 1. The summed E-state index contributed by atoms with van der Waals surface area (Å²) in [6, 6.07) is 26.5. The molecule has 0 bridgehead atoms. The molecule has 1 amide bonds. The SMILES string of the molecule is O=C(N/N=C\c1cc(Br)ccc1O)c1[nH]c(-c2ccccc2)cc1-c1ccccc1. The molecular weight excluding hydrogens is 442 g/mol. The van der Waals surface area contributed by atoms with Gasteiger partial charge >= 0.3 is 0 Å². The average molecular weight is 460 g/mol. The topological polar surface area (TPSA) is 77.5 Å². The van der Waals surface area contributed by atoms with Gasteiger partial charge in [-0.05, 0) is 35.4 Å². The van der Waals surface area contributed by atoms with Gasteiger partial charge in [-0.25, -0.2) is 5.43 Å². The van der Waals surface area contributed by atoms with Gasteiger partial charge in [0.05, 0.1) is 6.21 Å². The number of benzene rings is 3. The second-order valence-corrected chi connectivity index (χ2v) is 7.52. The lowest BCUT2D eigenvalue weighted by atomic mass is 10.0. The van der Waals surface area contributed by atoms with Crippen molar-refractivity contribution in [1.82, 2.24) is 10.4 Å². The largest absolute Gasteiger partial charge is 0.507 e. The van der Waals surface area contributed by atoms with Crippen LogP contribution in [0.2, 0.25) is 0 Å². The zero-order valence-electron chi connectivity index (χ0n) is 15.8. The van der Waals surface area contributed by atoms with Crippen molar-refractivity contribution >= 4 is 28.1 Å². The summed E-state index contributed by atoms with van der Waals surface area (Å²) in [5.41, 5.74) is 6.98.